The molecule has 4 nitrogen and oxygen atoms in total. The lowest BCUT2D eigenvalue weighted by Gasteiger charge is -2.32. The highest BCUT2D eigenvalue weighted by molar-refractivity contribution is 8.26. The Hall–Kier alpha value is -1.92. The topological polar surface area (TPSA) is 36.4 Å². The average molecular weight is 398 g/mol. The molecule has 0 bridgehead atoms. The smallest absolute Gasteiger partial charge is 0.266 e. The third-order valence-corrected chi connectivity index (χ3v) is 6.67. The van der Waals surface area contributed by atoms with E-state index < -0.39 is 0 Å². The fraction of sp³-hybridized carbons (Fsp3) is 0.381. The van der Waals surface area contributed by atoms with Crippen LogP contribution >= 0.6 is 24.0 Å². The first-order chi connectivity index (χ1) is 13.1. The molecule has 2 fully saturated rings. The lowest BCUT2D eigenvalue weighted by atomic mass is 9.98. The number of para-hydroxylation sites is 1. The highest BCUT2D eigenvalue weighted by Gasteiger charge is 2.31. The van der Waals surface area contributed by atoms with Gasteiger partial charge in [-0.15, -0.1) is 0 Å². The number of pyridine rings is 1. The Bertz CT molecular complexity index is 932. The molecule has 27 heavy (non-hydrogen) atoms. The molecule has 0 radical (unpaired) electrons. The fourth-order valence-electron chi connectivity index (χ4n) is 3.62. The van der Waals surface area contributed by atoms with Crippen LogP contribution in [0.3, 0.4) is 0 Å². The predicted octanol–water partition coefficient (Wildman–Crippen LogP) is 4.69. The van der Waals surface area contributed by atoms with Crippen molar-refractivity contribution in [3.63, 3.8) is 0 Å². The van der Waals surface area contributed by atoms with E-state index in [1.807, 2.05) is 31.2 Å². The van der Waals surface area contributed by atoms with Crippen LogP contribution in [0.5, 0.6) is 0 Å². The lowest BCUT2D eigenvalue weighted by molar-refractivity contribution is -0.121. The zero-order valence-corrected chi connectivity index (χ0v) is 17.3. The average Bonchev–Trinajstić information content (AvgIpc) is 2.94. The minimum Gasteiger partial charge on any atom is -0.356 e. The van der Waals surface area contributed by atoms with Gasteiger partial charge in [-0.3, -0.25) is 9.69 Å². The van der Waals surface area contributed by atoms with E-state index >= 15 is 0 Å². The summed E-state index contributed by atoms with van der Waals surface area (Å²) in [7, 11) is 0. The first-order valence-electron chi connectivity index (χ1n) is 9.47. The first kappa shape index (κ1) is 18.4. The third-order valence-electron chi connectivity index (χ3n) is 5.29. The van der Waals surface area contributed by atoms with E-state index in [2.05, 4.69) is 24.0 Å². The van der Waals surface area contributed by atoms with Gasteiger partial charge < -0.3 is 4.90 Å². The van der Waals surface area contributed by atoms with E-state index in [0.29, 0.717) is 15.8 Å². The second-order valence-electron chi connectivity index (χ2n) is 7.19. The van der Waals surface area contributed by atoms with Crippen molar-refractivity contribution in [2.75, 3.05) is 24.5 Å². The van der Waals surface area contributed by atoms with Crippen LogP contribution in [0.2, 0.25) is 0 Å². The number of thioether (sulfide) groups is 1. The van der Waals surface area contributed by atoms with Crippen molar-refractivity contribution in [2.45, 2.75) is 26.7 Å². The van der Waals surface area contributed by atoms with Crippen molar-refractivity contribution >= 4 is 57.0 Å². The maximum atomic E-state index is 12.7. The monoisotopic (exact) mass is 397 g/mol. The Morgan fingerprint density at radius 2 is 2.04 bits per heavy atom. The fourth-order valence-corrected chi connectivity index (χ4v) is 4.99. The van der Waals surface area contributed by atoms with Gasteiger partial charge in [0.15, 0.2) is 0 Å². The Kier molecular flexibility index (Phi) is 5.19. The molecule has 1 aromatic heterocycles. The van der Waals surface area contributed by atoms with Gasteiger partial charge in [0.05, 0.1) is 10.4 Å². The summed E-state index contributed by atoms with van der Waals surface area (Å²) in [4.78, 5) is 22.3. The second-order valence-corrected chi connectivity index (χ2v) is 8.87. The zero-order chi connectivity index (χ0) is 19.0. The first-order valence-corrected chi connectivity index (χ1v) is 10.7. The SMILES string of the molecule is CCN1C(=O)/C(=C/c2cc3ccccc3nc2N2CCC(C)CC2)SC1=S. The highest BCUT2D eigenvalue weighted by atomic mass is 32.2. The quantitative estimate of drug-likeness (QED) is 0.555. The Labute approximate surface area is 169 Å². The number of hydrogen-bond donors (Lipinski definition) is 0. The molecule has 2 saturated heterocycles. The van der Waals surface area contributed by atoms with Gasteiger partial charge in [0.25, 0.3) is 5.91 Å². The molecule has 0 saturated carbocycles. The molecule has 2 aliphatic heterocycles. The Balaban J connectivity index is 1.79. The third kappa shape index (κ3) is 3.60. The Morgan fingerprint density at radius 1 is 1.30 bits per heavy atom. The van der Waals surface area contributed by atoms with Crippen LogP contribution in [0, 0.1) is 5.92 Å². The number of carbonyl (C=O) groups is 1. The van der Waals surface area contributed by atoms with Crippen molar-refractivity contribution in [1.29, 1.82) is 0 Å². The summed E-state index contributed by atoms with van der Waals surface area (Å²) in [5.41, 5.74) is 1.99. The summed E-state index contributed by atoms with van der Waals surface area (Å²) in [6, 6.07) is 10.3. The van der Waals surface area contributed by atoms with Crippen LogP contribution in [0.4, 0.5) is 5.82 Å². The van der Waals surface area contributed by atoms with Crippen molar-refractivity contribution in [2.24, 2.45) is 5.92 Å². The van der Waals surface area contributed by atoms with Gasteiger partial charge in [0, 0.05) is 30.6 Å². The number of amides is 1. The minimum atomic E-state index is -0.00104. The number of nitrogens with zero attached hydrogens (tertiary/aromatic N) is 3. The molecule has 2 aromatic rings. The number of likely N-dealkylation sites (N-methyl/N-ethyl adjacent to an activating group) is 1. The van der Waals surface area contributed by atoms with Crippen LogP contribution < -0.4 is 4.90 Å². The molecule has 0 aliphatic carbocycles. The van der Waals surface area contributed by atoms with Crippen molar-refractivity contribution in [1.82, 2.24) is 9.88 Å². The molecule has 1 amide bonds. The number of aromatic nitrogens is 1. The highest BCUT2D eigenvalue weighted by Crippen LogP contribution is 2.35. The van der Waals surface area contributed by atoms with Crippen molar-refractivity contribution in [3.05, 3.63) is 40.8 Å². The number of hydrogen-bond acceptors (Lipinski definition) is 5. The lowest BCUT2D eigenvalue weighted by Crippen LogP contribution is -2.34. The summed E-state index contributed by atoms with van der Waals surface area (Å²) in [6.45, 7) is 6.87. The summed E-state index contributed by atoms with van der Waals surface area (Å²) < 4.78 is 0.635. The minimum absolute atomic E-state index is 0.00104. The number of thiocarbonyl (C=S) groups is 1. The van der Waals surface area contributed by atoms with E-state index in [9.17, 15) is 4.79 Å². The molecule has 0 N–H and O–H groups in total. The van der Waals surface area contributed by atoms with Crippen LogP contribution in [0.25, 0.3) is 17.0 Å². The van der Waals surface area contributed by atoms with Gasteiger partial charge in [-0.05, 0) is 43.9 Å². The number of fused-ring (bicyclic) bond motifs is 1. The molecular weight excluding hydrogens is 374 g/mol. The van der Waals surface area contributed by atoms with Gasteiger partial charge in [0.1, 0.15) is 10.1 Å². The van der Waals surface area contributed by atoms with Crippen LogP contribution in [-0.2, 0) is 4.79 Å². The maximum Gasteiger partial charge on any atom is 0.266 e. The predicted molar refractivity (Wildman–Crippen MR) is 118 cm³/mol. The number of carbonyl (C=O) groups excluding carboxylic acids is 1. The molecule has 0 atom stereocenters. The van der Waals surface area contributed by atoms with Crippen molar-refractivity contribution < 1.29 is 4.79 Å². The van der Waals surface area contributed by atoms with Crippen molar-refractivity contribution in [3.8, 4) is 0 Å². The summed E-state index contributed by atoms with van der Waals surface area (Å²) in [5, 5.41) is 1.09. The summed E-state index contributed by atoms with van der Waals surface area (Å²) in [5.74, 6) is 1.73. The van der Waals surface area contributed by atoms with Gasteiger partial charge >= 0.3 is 0 Å². The number of anilines is 1. The van der Waals surface area contributed by atoms with Crippen LogP contribution in [-0.4, -0.2) is 39.7 Å². The zero-order valence-electron chi connectivity index (χ0n) is 15.6. The van der Waals surface area contributed by atoms with E-state index in [1.54, 1.807) is 4.90 Å². The van der Waals surface area contributed by atoms with Gasteiger partial charge in [-0.25, -0.2) is 4.98 Å². The molecule has 4 rings (SSSR count). The summed E-state index contributed by atoms with van der Waals surface area (Å²) in [6.07, 6.45) is 4.32. The molecule has 3 heterocycles. The largest absolute Gasteiger partial charge is 0.356 e. The molecular formula is C21H23N3OS2. The summed E-state index contributed by atoms with van der Waals surface area (Å²) >= 11 is 6.74. The van der Waals surface area contributed by atoms with E-state index in [0.717, 1.165) is 41.3 Å². The number of rotatable bonds is 3. The van der Waals surface area contributed by atoms with E-state index in [-0.39, 0.29) is 5.91 Å². The maximum absolute atomic E-state index is 12.7. The molecule has 2 aliphatic rings. The van der Waals surface area contributed by atoms with Gasteiger partial charge in [-0.1, -0.05) is 49.1 Å². The number of benzene rings is 1. The van der Waals surface area contributed by atoms with E-state index in [1.165, 1.54) is 24.6 Å². The molecule has 6 heteroatoms. The van der Waals surface area contributed by atoms with Crippen LogP contribution in [0.1, 0.15) is 32.3 Å². The molecule has 0 spiro atoms. The van der Waals surface area contributed by atoms with Gasteiger partial charge in [0.2, 0.25) is 0 Å². The number of piperidine rings is 1. The normalized spacial score (nSPS) is 20.3. The van der Waals surface area contributed by atoms with Crippen LogP contribution in [0.15, 0.2) is 35.2 Å². The molecule has 0 unspecified atom stereocenters. The van der Waals surface area contributed by atoms with Gasteiger partial charge in [-0.2, -0.15) is 0 Å². The Morgan fingerprint density at radius 3 is 2.74 bits per heavy atom. The molecule has 140 valence electrons. The molecule has 1 aromatic carbocycles. The standard InChI is InChI=1S/C21H23N3OS2/c1-3-24-20(25)18(27-21(24)26)13-16-12-15-6-4-5-7-17(15)22-19(16)23-10-8-14(2)9-11-23/h4-7,12-14H,3,8-11H2,1-2H3/b18-13-. The second kappa shape index (κ2) is 7.60. The van der Waals surface area contributed by atoms with E-state index in [4.69, 9.17) is 17.2 Å².